The van der Waals surface area contributed by atoms with E-state index in [1.807, 2.05) is 0 Å². The van der Waals surface area contributed by atoms with Gasteiger partial charge in [-0.05, 0) is 26.2 Å². The van der Waals surface area contributed by atoms with Crippen molar-refractivity contribution in [2.75, 3.05) is 0 Å². The van der Waals surface area contributed by atoms with Crippen molar-refractivity contribution in [1.82, 2.24) is 9.55 Å². The molecule has 1 aliphatic rings. The highest BCUT2D eigenvalue weighted by atomic mass is 16.4. The molecule has 0 amide bonds. The first-order valence-electron chi connectivity index (χ1n) is 6.00. The maximum Gasteiger partial charge on any atom is 0.312 e. The quantitative estimate of drug-likeness (QED) is 0.850. The Morgan fingerprint density at radius 1 is 1.56 bits per heavy atom. The molecular weight excluding hydrogens is 204 g/mol. The molecule has 0 fully saturated rings. The van der Waals surface area contributed by atoms with E-state index in [0.29, 0.717) is 0 Å². The molecular formula is C12H18N2O2. The Balaban J connectivity index is 2.49. The van der Waals surface area contributed by atoms with Gasteiger partial charge in [0.25, 0.3) is 0 Å². The van der Waals surface area contributed by atoms with E-state index < -0.39 is 5.97 Å². The van der Waals surface area contributed by atoms with Crippen LogP contribution in [0.3, 0.4) is 0 Å². The fourth-order valence-corrected chi connectivity index (χ4v) is 2.59. The van der Waals surface area contributed by atoms with Crippen molar-refractivity contribution >= 4 is 5.97 Å². The number of carbonyl (C=O) groups is 1. The Labute approximate surface area is 95.3 Å². The van der Waals surface area contributed by atoms with Crippen LogP contribution in [-0.4, -0.2) is 20.6 Å². The first-order chi connectivity index (χ1) is 7.69. The van der Waals surface area contributed by atoms with E-state index in [0.717, 1.165) is 49.4 Å². The van der Waals surface area contributed by atoms with Gasteiger partial charge in [-0.1, -0.05) is 6.92 Å². The number of rotatable bonds is 3. The molecule has 1 atom stereocenters. The van der Waals surface area contributed by atoms with E-state index in [9.17, 15) is 9.90 Å². The lowest BCUT2D eigenvalue weighted by Crippen LogP contribution is -2.19. The number of imidazole rings is 1. The van der Waals surface area contributed by atoms with Crippen LogP contribution >= 0.6 is 0 Å². The summed E-state index contributed by atoms with van der Waals surface area (Å²) < 4.78 is 2.18. The van der Waals surface area contributed by atoms with Gasteiger partial charge in [-0.15, -0.1) is 0 Å². The molecule has 0 aromatic carbocycles. The topological polar surface area (TPSA) is 55.1 Å². The molecule has 1 aromatic heterocycles. The van der Waals surface area contributed by atoms with Gasteiger partial charge in [-0.25, -0.2) is 4.98 Å². The third kappa shape index (κ3) is 1.62. The van der Waals surface area contributed by atoms with Crippen LogP contribution in [0.4, 0.5) is 0 Å². The smallest absolute Gasteiger partial charge is 0.312 e. The second-order valence-corrected chi connectivity index (χ2v) is 4.24. The summed E-state index contributed by atoms with van der Waals surface area (Å²) in [7, 11) is 0. The molecule has 0 saturated heterocycles. The summed E-state index contributed by atoms with van der Waals surface area (Å²) in [6.45, 7) is 5.04. The molecule has 1 unspecified atom stereocenters. The van der Waals surface area contributed by atoms with Crippen LogP contribution in [0.2, 0.25) is 0 Å². The van der Waals surface area contributed by atoms with Crippen molar-refractivity contribution in [1.29, 1.82) is 0 Å². The van der Waals surface area contributed by atoms with E-state index in [1.165, 1.54) is 0 Å². The Morgan fingerprint density at radius 3 is 2.88 bits per heavy atom. The Bertz CT molecular complexity index is 409. The van der Waals surface area contributed by atoms with Crippen LogP contribution in [0.5, 0.6) is 0 Å². The molecule has 4 heteroatoms. The number of hydrogen-bond donors (Lipinski definition) is 1. The largest absolute Gasteiger partial charge is 0.481 e. The second-order valence-electron chi connectivity index (χ2n) is 4.24. The predicted octanol–water partition coefficient (Wildman–Crippen LogP) is 1.97. The van der Waals surface area contributed by atoms with Crippen LogP contribution in [0.1, 0.15) is 49.8 Å². The van der Waals surface area contributed by atoms with Crippen LogP contribution in [-0.2, 0) is 24.2 Å². The third-order valence-electron chi connectivity index (χ3n) is 3.35. The van der Waals surface area contributed by atoms with Crippen molar-refractivity contribution in [3.8, 4) is 0 Å². The van der Waals surface area contributed by atoms with E-state index in [1.54, 1.807) is 0 Å². The summed E-state index contributed by atoms with van der Waals surface area (Å²) in [6.07, 6.45) is 3.53. The summed E-state index contributed by atoms with van der Waals surface area (Å²) in [5.41, 5.74) is 1.97. The van der Waals surface area contributed by atoms with Crippen LogP contribution in [0.25, 0.3) is 0 Å². The van der Waals surface area contributed by atoms with Crippen molar-refractivity contribution in [2.24, 2.45) is 0 Å². The summed E-state index contributed by atoms with van der Waals surface area (Å²) in [6, 6.07) is 0. The molecule has 4 nitrogen and oxygen atoms in total. The van der Waals surface area contributed by atoms with E-state index in [2.05, 4.69) is 23.4 Å². The zero-order valence-electron chi connectivity index (χ0n) is 9.86. The lowest BCUT2D eigenvalue weighted by atomic mass is 9.90. The van der Waals surface area contributed by atoms with Gasteiger partial charge in [0, 0.05) is 18.7 Å². The Hall–Kier alpha value is -1.32. The molecule has 0 bridgehead atoms. The highest BCUT2D eigenvalue weighted by molar-refractivity contribution is 5.76. The number of nitrogens with zero attached hydrogens (tertiary/aromatic N) is 2. The number of hydrogen-bond acceptors (Lipinski definition) is 2. The van der Waals surface area contributed by atoms with Gasteiger partial charge in [0.05, 0.1) is 5.69 Å². The zero-order valence-corrected chi connectivity index (χ0v) is 9.86. The highest BCUT2D eigenvalue weighted by Gasteiger charge is 2.31. The van der Waals surface area contributed by atoms with E-state index in [4.69, 9.17) is 0 Å². The molecule has 88 valence electrons. The van der Waals surface area contributed by atoms with Gasteiger partial charge in [-0.3, -0.25) is 4.79 Å². The van der Waals surface area contributed by atoms with Gasteiger partial charge in [0.15, 0.2) is 0 Å². The first-order valence-corrected chi connectivity index (χ1v) is 6.00. The summed E-state index contributed by atoms with van der Waals surface area (Å²) in [5.74, 6) is -0.0909. The number of aromatic nitrogens is 2. The normalized spacial score (nSPS) is 19.5. The fraction of sp³-hybridized carbons (Fsp3) is 0.667. The van der Waals surface area contributed by atoms with Crippen molar-refractivity contribution < 1.29 is 9.90 Å². The lowest BCUT2D eigenvalue weighted by Gasteiger charge is -2.19. The molecule has 1 N–H and O–H groups in total. The number of carboxylic acids is 1. The Morgan fingerprint density at radius 2 is 2.31 bits per heavy atom. The third-order valence-corrected chi connectivity index (χ3v) is 3.35. The second kappa shape index (κ2) is 4.28. The van der Waals surface area contributed by atoms with Crippen LogP contribution in [0.15, 0.2) is 0 Å². The average Bonchev–Trinajstić information content (AvgIpc) is 2.65. The van der Waals surface area contributed by atoms with Crippen molar-refractivity contribution in [3.63, 3.8) is 0 Å². The molecule has 1 aliphatic carbocycles. The minimum atomic E-state index is -0.732. The average molecular weight is 222 g/mol. The minimum absolute atomic E-state index is 0.387. The molecule has 0 radical (unpaired) electrons. The van der Waals surface area contributed by atoms with Crippen LogP contribution in [0, 0.1) is 0 Å². The van der Waals surface area contributed by atoms with Gasteiger partial charge < -0.3 is 9.67 Å². The van der Waals surface area contributed by atoms with E-state index in [-0.39, 0.29) is 5.92 Å². The lowest BCUT2D eigenvalue weighted by molar-refractivity contribution is -0.139. The number of aliphatic carboxylic acids is 1. The summed E-state index contributed by atoms with van der Waals surface area (Å²) in [5, 5.41) is 9.18. The fourth-order valence-electron chi connectivity index (χ4n) is 2.59. The van der Waals surface area contributed by atoms with Crippen molar-refractivity contribution in [2.45, 2.75) is 52.0 Å². The van der Waals surface area contributed by atoms with Crippen molar-refractivity contribution in [3.05, 3.63) is 17.2 Å². The molecule has 16 heavy (non-hydrogen) atoms. The number of fused-ring (bicyclic) bond motifs is 1. The minimum Gasteiger partial charge on any atom is -0.481 e. The predicted molar refractivity (Wildman–Crippen MR) is 60.6 cm³/mol. The maximum atomic E-state index is 11.2. The monoisotopic (exact) mass is 222 g/mol. The highest BCUT2D eigenvalue weighted by Crippen LogP contribution is 2.32. The van der Waals surface area contributed by atoms with Gasteiger partial charge >= 0.3 is 5.97 Å². The SMILES string of the molecule is CCc1nc2c(n1CC)CCCC2C(=O)O. The standard InChI is InChI=1S/C12H18N2O2/c1-3-10-13-11-8(12(15)16)6-5-7-9(11)14(10)4-2/h8H,3-7H2,1-2H3,(H,15,16). The van der Waals surface area contributed by atoms with Crippen LogP contribution < -0.4 is 0 Å². The molecule has 0 spiro atoms. The molecule has 1 aromatic rings. The maximum absolute atomic E-state index is 11.2. The van der Waals surface area contributed by atoms with E-state index >= 15 is 0 Å². The Kier molecular flexibility index (Phi) is 2.99. The number of carboxylic acid groups (broad SMARTS) is 1. The molecule has 2 rings (SSSR count). The first kappa shape index (κ1) is 11.2. The van der Waals surface area contributed by atoms with Gasteiger partial charge in [0.2, 0.25) is 0 Å². The molecule has 1 heterocycles. The molecule has 0 aliphatic heterocycles. The van der Waals surface area contributed by atoms with Gasteiger partial charge in [0.1, 0.15) is 11.7 Å². The summed E-state index contributed by atoms with van der Waals surface area (Å²) >= 11 is 0. The summed E-state index contributed by atoms with van der Waals surface area (Å²) in [4.78, 5) is 15.7. The number of aryl methyl sites for hydroxylation is 1. The van der Waals surface area contributed by atoms with Gasteiger partial charge in [-0.2, -0.15) is 0 Å². The zero-order chi connectivity index (χ0) is 11.7. The molecule has 0 saturated carbocycles.